The number of nitro groups is 1. The van der Waals surface area contributed by atoms with Gasteiger partial charge in [-0.15, -0.1) is 0 Å². The molecule has 0 N–H and O–H groups in total. The fourth-order valence-electron chi connectivity index (χ4n) is 0.978. The first-order chi connectivity index (χ1) is 7.45. The summed E-state index contributed by atoms with van der Waals surface area (Å²) < 4.78 is 28.9. The SMILES string of the molecule is COC(=O)c1cc(C(F)F)nc([N+](=O)[O-])c1. The number of esters is 1. The molecule has 0 radical (unpaired) electrons. The Labute approximate surface area is 88.0 Å². The van der Waals surface area contributed by atoms with Crippen molar-refractivity contribution in [2.75, 3.05) is 7.11 Å². The zero-order chi connectivity index (χ0) is 12.3. The van der Waals surface area contributed by atoms with Crippen LogP contribution >= 0.6 is 0 Å². The van der Waals surface area contributed by atoms with Gasteiger partial charge in [0, 0.05) is 6.07 Å². The van der Waals surface area contributed by atoms with E-state index < -0.39 is 28.8 Å². The quantitative estimate of drug-likeness (QED) is 0.450. The lowest BCUT2D eigenvalue weighted by Crippen LogP contribution is -2.06. The van der Waals surface area contributed by atoms with E-state index in [0.29, 0.717) is 0 Å². The van der Waals surface area contributed by atoms with E-state index in [9.17, 15) is 23.7 Å². The van der Waals surface area contributed by atoms with Crippen LogP contribution in [0, 0.1) is 10.1 Å². The van der Waals surface area contributed by atoms with Crippen molar-refractivity contribution >= 4 is 11.8 Å². The molecule has 0 aliphatic rings. The van der Waals surface area contributed by atoms with Crippen molar-refractivity contribution in [1.29, 1.82) is 0 Å². The van der Waals surface area contributed by atoms with E-state index in [1.54, 1.807) is 0 Å². The van der Waals surface area contributed by atoms with Gasteiger partial charge in [0.15, 0.2) is 0 Å². The minimum Gasteiger partial charge on any atom is -0.465 e. The third-order valence-corrected chi connectivity index (χ3v) is 1.66. The maximum absolute atomic E-state index is 12.3. The molecule has 16 heavy (non-hydrogen) atoms. The maximum Gasteiger partial charge on any atom is 0.364 e. The molecular weight excluding hydrogens is 226 g/mol. The highest BCUT2D eigenvalue weighted by Gasteiger charge is 2.23. The highest BCUT2D eigenvalue weighted by molar-refractivity contribution is 5.89. The lowest BCUT2D eigenvalue weighted by Gasteiger charge is -2.00. The smallest absolute Gasteiger partial charge is 0.364 e. The molecule has 1 rings (SSSR count). The lowest BCUT2D eigenvalue weighted by atomic mass is 10.2. The summed E-state index contributed by atoms with van der Waals surface area (Å²) in [5.74, 6) is -1.76. The number of ether oxygens (including phenoxy) is 1. The Morgan fingerprint density at radius 3 is 2.62 bits per heavy atom. The molecule has 1 heterocycles. The van der Waals surface area contributed by atoms with E-state index in [4.69, 9.17) is 0 Å². The van der Waals surface area contributed by atoms with Crippen molar-refractivity contribution < 1.29 is 23.2 Å². The molecular formula is C8H6F2N2O4. The number of hydrogen-bond donors (Lipinski definition) is 0. The Morgan fingerprint density at radius 2 is 2.19 bits per heavy atom. The number of rotatable bonds is 3. The van der Waals surface area contributed by atoms with E-state index in [-0.39, 0.29) is 5.56 Å². The van der Waals surface area contributed by atoms with Crippen LogP contribution in [0.1, 0.15) is 22.5 Å². The lowest BCUT2D eigenvalue weighted by molar-refractivity contribution is -0.389. The molecule has 1 aromatic heterocycles. The van der Waals surface area contributed by atoms with Gasteiger partial charge in [0.25, 0.3) is 0 Å². The average Bonchev–Trinajstić information content (AvgIpc) is 2.27. The van der Waals surface area contributed by atoms with Crippen LogP contribution in [-0.4, -0.2) is 23.0 Å². The summed E-state index contributed by atoms with van der Waals surface area (Å²) in [6.45, 7) is 0. The minimum absolute atomic E-state index is 0.334. The Kier molecular flexibility index (Phi) is 3.44. The summed E-state index contributed by atoms with van der Waals surface area (Å²) in [6.07, 6.45) is -3.00. The summed E-state index contributed by atoms with van der Waals surface area (Å²) in [5, 5.41) is 10.4. The monoisotopic (exact) mass is 232 g/mol. The Morgan fingerprint density at radius 1 is 1.56 bits per heavy atom. The molecule has 0 saturated heterocycles. The molecule has 0 aliphatic carbocycles. The molecule has 0 amide bonds. The molecule has 0 unspecified atom stereocenters. The highest BCUT2D eigenvalue weighted by Crippen LogP contribution is 2.21. The number of hydrogen-bond acceptors (Lipinski definition) is 5. The van der Waals surface area contributed by atoms with Gasteiger partial charge >= 0.3 is 18.2 Å². The summed E-state index contributed by atoms with van der Waals surface area (Å²) in [6, 6.07) is 1.53. The topological polar surface area (TPSA) is 82.3 Å². The van der Waals surface area contributed by atoms with Gasteiger partial charge in [-0.3, -0.25) is 0 Å². The van der Waals surface area contributed by atoms with Gasteiger partial charge in [0.1, 0.15) is 0 Å². The Balaban J connectivity index is 3.29. The fourth-order valence-corrected chi connectivity index (χ4v) is 0.978. The van der Waals surface area contributed by atoms with Gasteiger partial charge in [-0.2, -0.15) is 0 Å². The van der Waals surface area contributed by atoms with E-state index in [1.165, 1.54) is 0 Å². The number of methoxy groups -OCH3 is 1. The second-order valence-corrected chi connectivity index (χ2v) is 2.69. The van der Waals surface area contributed by atoms with Crippen LogP contribution in [0.4, 0.5) is 14.6 Å². The number of carbonyl (C=O) groups excluding carboxylic acids is 1. The van der Waals surface area contributed by atoms with Crippen LogP contribution in [0.5, 0.6) is 0 Å². The molecule has 0 fully saturated rings. The molecule has 0 spiro atoms. The number of halogens is 2. The summed E-state index contributed by atoms with van der Waals surface area (Å²) >= 11 is 0. The largest absolute Gasteiger partial charge is 0.465 e. The zero-order valence-electron chi connectivity index (χ0n) is 8.02. The van der Waals surface area contributed by atoms with Crippen molar-refractivity contribution in [3.05, 3.63) is 33.5 Å². The number of alkyl halides is 2. The van der Waals surface area contributed by atoms with E-state index in [2.05, 4.69) is 9.72 Å². The van der Waals surface area contributed by atoms with Crippen LogP contribution in [0.3, 0.4) is 0 Å². The second-order valence-electron chi connectivity index (χ2n) is 2.69. The third kappa shape index (κ3) is 2.47. The van der Waals surface area contributed by atoms with Gasteiger partial charge in [-0.05, 0) is 9.91 Å². The number of carbonyl (C=O) groups is 1. The minimum atomic E-state index is -3.00. The summed E-state index contributed by atoms with van der Waals surface area (Å²) in [7, 11) is 1.04. The zero-order valence-corrected chi connectivity index (χ0v) is 8.02. The number of nitrogens with zero attached hydrogens (tertiary/aromatic N) is 2. The maximum atomic E-state index is 12.3. The third-order valence-electron chi connectivity index (χ3n) is 1.66. The van der Waals surface area contributed by atoms with Gasteiger partial charge in [-0.1, -0.05) is 0 Å². The second kappa shape index (κ2) is 4.60. The molecule has 0 bridgehead atoms. The molecule has 1 aromatic rings. The predicted octanol–water partition coefficient (Wildman–Crippen LogP) is 1.71. The van der Waals surface area contributed by atoms with E-state index in [0.717, 1.165) is 19.2 Å². The van der Waals surface area contributed by atoms with Gasteiger partial charge in [0.05, 0.1) is 18.7 Å². The van der Waals surface area contributed by atoms with Gasteiger partial charge < -0.3 is 14.9 Å². The first-order valence-electron chi connectivity index (χ1n) is 3.98. The standard InChI is InChI=1S/C8H6F2N2O4/c1-16-8(13)4-2-5(7(9)10)11-6(3-4)12(14)15/h2-3,7H,1H3. The number of aromatic nitrogens is 1. The highest BCUT2D eigenvalue weighted by atomic mass is 19.3. The predicted molar refractivity (Wildman–Crippen MR) is 47.2 cm³/mol. The molecule has 0 aromatic carbocycles. The van der Waals surface area contributed by atoms with Crippen LogP contribution in [0.15, 0.2) is 12.1 Å². The first kappa shape index (κ1) is 12.0. The molecule has 8 heteroatoms. The van der Waals surface area contributed by atoms with Gasteiger partial charge in [0.2, 0.25) is 5.69 Å². The first-order valence-corrected chi connectivity index (χ1v) is 3.98. The Bertz CT molecular complexity index is 436. The van der Waals surface area contributed by atoms with E-state index in [1.807, 2.05) is 0 Å². The molecule has 0 atom stereocenters. The summed E-state index contributed by atoms with van der Waals surface area (Å²) in [4.78, 5) is 23.6. The normalized spacial score (nSPS) is 10.2. The molecule has 86 valence electrons. The van der Waals surface area contributed by atoms with Gasteiger partial charge in [-0.25, -0.2) is 13.6 Å². The summed E-state index contributed by atoms with van der Waals surface area (Å²) in [5.41, 5.74) is -1.17. The van der Waals surface area contributed by atoms with Crippen LogP contribution in [-0.2, 0) is 4.74 Å². The van der Waals surface area contributed by atoms with Crippen LogP contribution in [0.25, 0.3) is 0 Å². The van der Waals surface area contributed by atoms with Crippen LogP contribution in [0.2, 0.25) is 0 Å². The molecule has 0 saturated carbocycles. The van der Waals surface area contributed by atoms with Crippen molar-refractivity contribution in [2.45, 2.75) is 6.43 Å². The average molecular weight is 232 g/mol. The van der Waals surface area contributed by atoms with E-state index >= 15 is 0 Å². The van der Waals surface area contributed by atoms with Crippen LogP contribution < -0.4 is 0 Å². The molecule has 6 nitrogen and oxygen atoms in total. The Hall–Kier alpha value is -2.12. The van der Waals surface area contributed by atoms with Crippen molar-refractivity contribution in [3.8, 4) is 0 Å². The van der Waals surface area contributed by atoms with Crippen molar-refractivity contribution in [2.24, 2.45) is 0 Å². The fraction of sp³-hybridized carbons (Fsp3) is 0.250. The number of pyridine rings is 1. The van der Waals surface area contributed by atoms with Crippen molar-refractivity contribution in [1.82, 2.24) is 4.98 Å². The van der Waals surface area contributed by atoms with Crippen molar-refractivity contribution in [3.63, 3.8) is 0 Å². The molecule has 0 aliphatic heterocycles.